The molecule has 2 aromatic carbocycles. The van der Waals surface area contributed by atoms with Crippen molar-refractivity contribution in [3.63, 3.8) is 0 Å². The van der Waals surface area contributed by atoms with Crippen molar-refractivity contribution in [2.45, 2.75) is 39.3 Å². The Balaban J connectivity index is 2.30. The van der Waals surface area contributed by atoms with Crippen LogP contribution in [0.25, 0.3) is 0 Å². The Morgan fingerprint density at radius 3 is 2.25 bits per heavy atom. The number of anilines is 1. The summed E-state index contributed by atoms with van der Waals surface area (Å²) in [5.74, 6) is -0.709. The number of nitrogens with one attached hydrogen (secondary N) is 1. The number of hydrogen-bond donors (Lipinski definition) is 1. The van der Waals surface area contributed by atoms with Crippen molar-refractivity contribution in [1.82, 2.24) is 10.2 Å². The molecule has 0 unspecified atom stereocenters. The zero-order valence-electron chi connectivity index (χ0n) is 18.6. The Labute approximate surface area is 204 Å². The van der Waals surface area contributed by atoms with Gasteiger partial charge in [0.2, 0.25) is 21.8 Å². The molecule has 0 radical (unpaired) electrons. The van der Waals surface area contributed by atoms with E-state index in [2.05, 4.69) is 27.9 Å². The first-order valence-corrected chi connectivity index (χ1v) is 13.4. The molecule has 0 aliphatic heterocycles. The molecule has 174 valence electrons. The van der Waals surface area contributed by atoms with E-state index in [1.807, 2.05) is 37.3 Å². The molecule has 0 heterocycles. The molecule has 2 aromatic rings. The minimum Gasteiger partial charge on any atom is -0.354 e. The molecule has 1 atom stereocenters. The number of rotatable bonds is 11. The molecule has 0 fully saturated rings. The topological polar surface area (TPSA) is 86.8 Å². The summed E-state index contributed by atoms with van der Waals surface area (Å²) < 4.78 is 27.0. The molecule has 2 rings (SSSR count). The van der Waals surface area contributed by atoms with E-state index in [9.17, 15) is 18.0 Å². The Hall–Kier alpha value is -2.14. The molecule has 0 aliphatic rings. The molecule has 0 bridgehead atoms. The third-order valence-corrected chi connectivity index (χ3v) is 6.85. The van der Waals surface area contributed by atoms with E-state index in [1.54, 1.807) is 31.2 Å². The fraction of sp³-hybridized carbons (Fsp3) is 0.391. The van der Waals surface area contributed by atoms with Gasteiger partial charge in [0.15, 0.2) is 0 Å². The summed E-state index contributed by atoms with van der Waals surface area (Å²) in [4.78, 5) is 27.5. The summed E-state index contributed by atoms with van der Waals surface area (Å²) in [6.45, 7) is 4.04. The quantitative estimate of drug-likeness (QED) is 0.331. The first-order chi connectivity index (χ1) is 15.1. The van der Waals surface area contributed by atoms with E-state index < -0.39 is 28.5 Å². The van der Waals surface area contributed by atoms with Crippen LogP contribution in [0.3, 0.4) is 0 Å². The molecule has 0 saturated heterocycles. The lowest BCUT2D eigenvalue weighted by Crippen LogP contribution is -2.51. The standard InChI is InChI=1S/C23H30IN3O4S/c1-4-5-15-25-23(29)18(2)26(16-19-9-7-6-8-10-19)22(28)17-27(32(3,30)31)21-13-11-20(24)12-14-21/h6-14,18H,4-5,15-17H2,1-3H3,(H,25,29)/t18-/m1/s1. The van der Waals surface area contributed by atoms with Gasteiger partial charge in [-0.3, -0.25) is 13.9 Å². The molecule has 1 N–H and O–H groups in total. The zero-order valence-corrected chi connectivity index (χ0v) is 21.6. The molecule has 0 aromatic heterocycles. The van der Waals surface area contributed by atoms with Crippen LogP contribution in [0.4, 0.5) is 5.69 Å². The van der Waals surface area contributed by atoms with Crippen molar-refractivity contribution in [2.75, 3.05) is 23.7 Å². The normalized spacial score (nSPS) is 12.1. The molecule has 32 heavy (non-hydrogen) atoms. The molecule has 9 heteroatoms. The molecule has 0 saturated carbocycles. The second-order valence-corrected chi connectivity index (χ2v) is 10.7. The highest BCUT2D eigenvalue weighted by Crippen LogP contribution is 2.20. The van der Waals surface area contributed by atoms with Crippen molar-refractivity contribution >= 4 is 50.1 Å². The summed E-state index contributed by atoms with van der Waals surface area (Å²) in [6.07, 6.45) is 2.86. The first kappa shape index (κ1) is 26.1. The second kappa shape index (κ2) is 12.2. The van der Waals surface area contributed by atoms with Crippen LogP contribution in [-0.4, -0.2) is 50.5 Å². The third-order valence-electron chi connectivity index (χ3n) is 4.99. The van der Waals surface area contributed by atoms with E-state index in [4.69, 9.17) is 0 Å². The number of amides is 2. The van der Waals surface area contributed by atoms with Gasteiger partial charge in [-0.1, -0.05) is 43.7 Å². The van der Waals surface area contributed by atoms with E-state index in [-0.39, 0.29) is 12.5 Å². The smallest absolute Gasteiger partial charge is 0.244 e. The monoisotopic (exact) mass is 571 g/mol. The maximum Gasteiger partial charge on any atom is 0.244 e. The number of hydrogen-bond acceptors (Lipinski definition) is 4. The highest BCUT2D eigenvalue weighted by atomic mass is 127. The Kier molecular flexibility index (Phi) is 9.95. The Bertz CT molecular complexity index is 998. The summed E-state index contributed by atoms with van der Waals surface area (Å²) >= 11 is 2.13. The molecule has 0 spiro atoms. The lowest BCUT2D eigenvalue weighted by Gasteiger charge is -2.31. The van der Waals surface area contributed by atoms with Crippen LogP contribution in [0.1, 0.15) is 32.3 Å². The third kappa shape index (κ3) is 7.77. The van der Waals surface area contributed by atoms with Crippen LogP contribution in [0, 0.1) is 3.57 Å². The largest absolute Gasteiger partial charge is 0.354 e. The predicted molar refractivity (Wildman–Crippen MR) is 136 cm³/mol. The Morgan fingerprint density at radius 2 is 1.69 bits per heavy atom. The molecular weight excluding hydrogens is 541 g/mol. The maximum atomic E-state index is 13.4. The zero-order chi connectivity index (χ0) is 23.7. The van der Waals surface area contributed by atoms with E-state index in [0.717, 1.165) is 32.5 Å². The van der Waals surface area contributed by atoms with Crippen molar-refractivity contribution in [1.29, 1.82) is 0 Å². The van der Waals surface area contributed by atoms with Gasteiger partial charge in [0, 0.05) is 16.7 Å². The average molecular weight is 571 g/mol. The van der Waals surface area contributed by atoms with E-state index in [0.29, 0.717) is 12.2 Å². The van der Waals surface area contributed by atoms with Crippen LogP contribution < -0.4 is 9.62 Å². The molecule has 7 nitrogen and oxygen atoms in total. The minimum atomic E-state index is -3.71. The van der Waals surface area contributed by atoms with Gasteiger partial charge < -0.3 is 10.2 Å². The number of unbranched alkanes of at least 4 members (excludes halogenated alkanes) is 1. The Morgan fingerprint density at radius 1 is 1.06 bits per heavy atom. The van der Waals surface area contributed by atoms with Gasteiger partial charge >= 0.3 is 0 Å². The van der Waals surface area contributed by atoms with Gasteiger partial charge in [-0.25, -0.2) is 8.42 Å². The summed E-state index contributed by atoms with van der Waals surface area (Å²) in [5, 5.41) is 2.86. The van der Waals surface area contributed by atoms with Gasteiger partial charge in [-0.2, -0.15) is 0 Å². The van der Waals surface area contributed by atoms with Gasteiger partial charge in [0.1, 0.15) is 12.6 Å². The van der Waals surface area contributed by atoms with Gasteiger partial charge in [0.05, 0.1) is 11.9 Å². The predicted octanol–water partition coefficient (Wildman–Crippen LogP) is 3.39. The van der Waals surface area contributed by atoms with E-state index in [1.165, 1.54) is 4.90 Å². The number of carbonyl (C=O) groups is 2. The second-order valence-electron chi connectivity index (χ2n) is 7.57. The van der Waals surface area contributed by atoms with Gasteiger partial charge in [0.25, 0.3) is 0 Å². The molecular formula is C23H30IN3O4S. The van der Waals surface area contributed by atoms with Crippen LogP contribution in [0.15, 0.2) is 54.6 Å². The first-order valence-electron chi connectivity index (χ1n) is 10.5. The number of nitrogens with zero attached hydrogens (tertiary/aromatic N) is 2. The van der Waals surface area contributed by atoms with Crippen molar-refractivity contribution < 1.29 is 18.0 Å². The van der Waals surface area contributed by atoms with Crippen LogP contribution >= 0.6 is 22.6 Å². The SMILES string of the molecule is CCCCNC(=O)[C@@H](C)N(Cc1ccccc1)C(=O)CN(c1ccc(I)cc1)S(C)(=O)=O. The van der Waals surface area contributed by atoms with E-state index >= 15 is 0 Å². The summed E-state index contributed by atoms with van der Waals surface area (Å²) in [7, 11) is -3.71. The molecule has 0 aliphatic carbocycles. The highest BCUT2D eigenvalue weighted by molar-refractivity contribution is 14.1. The summed E-state index contributed by atoms with van der Waals surface area (Å²) in [6, 6.07) is 15.5. The van der Waals surface area contributed by atoms with Crippen molar-refractivity contribution in [3.05, 3.63) is 63.7 Å². The fourth-order valence-corrected chi connectivity index (χ4v) is 4.33. The number of sulfonamides is 1. The fourth-order valence-electron chi connectivity index (χ4n) is 3.12. The van der Waals surface area contributed by atoms with Crippen LogP contribution in [0.5, 0.6) is 0 Å². The summed E-state index contributed by atoms with van der Waals surface area (Å²) in [5.41, 5.74) is 1.26. The van der Waals surface area contributed by atoms with Gasteiger partial charge in [-0.05, 0) is 65.8 Å². The minimum absolute atomic E-state index is 0.201. The van der Waals surface area contributed by atoms with Crippen LogP contribution in [0.2, 0.25) is 0 Å². The van der Waals surface area contributed by atoms with Gasteiger partial charge in [-0.15, -0.1) is 0 Å². The van der Waals surface area contributed by atoms with Crippen molar-refractivity contribution in [3.8, 4) is 0 Å². The van der Waals surface area contributed by atoms with Crippen molar-refractivity contribution in [2.24, 2.45) is 0 Å². The number of benzene rings is 2. The highest BCUT2D eigenvalue weighted by Gasteiger charge is 2.29. The lowest BCUT2D eigenvalue weighted by molar-refractivity contribution is -0.139. The maximum absolute atomic E-state index is 13.4. The lowest BCUT2D eigenvalue weighted by atomic mass is 10.1. The number of halogens is 1. The van der Waals surface area contributed by atoms with Crippen LogP contribution in [-0.2, 0) is 26.2 Å². The number of carbonyl (C=O) groups excluding carboxylic acids is 2. The molecule has 2 amide bonds. The average Bonchev–Trinajstić information content (AvgIpc) is 2.76.